The summed E-state index contributed by atoms with van der Waals surface area (Å²) in [6.07, 6.45) is 3.29. The Morgan fingerprint density at radius 1 is 1.14 bits per heavy atom. The van der Waals surface area contributed by atoms with Crippen LogP contribution in [0.4, 0.5) is 5.69 Å². The van der Waals surface area contributed by atoms with Crippen LogP contribution in [0.2, 0.25) is 0 Å². The molecule has 0 saturated heterocycles. The van der Waals surface area contributed by atoms with Crippen LogP contribution in [-0.2, 0) is 16.0 Å². The molecule has 6 heteroatoms. The zero-order valence-electron chi connectivity index (χ0n) is 16.3. The van der Waals surface area contributed by atoms with Crippen molar-refractivity contribution in [1.82, 2.24) is 15.3 Å². The van der Waals surface area contributed by atoms with Gasteiger partial charge in [0.05, 0.1) is 23.5 Å². The Kier molecular flexibility index (Phi) is 6.42. The van der Waals surface area contributed by atoms with E-state index in [2.05, 4.69) is 27.5 Å². The third kappa shape index (κ3) is 5.19. The molecule has 0 aliphatic heterocycles. The number of carbonyl (C=O) groups excluding carboxylic acids is 2. The molecule has 0 bridgehead atoms. The van der Waals surface area contributed by atoms with Crippen LogP contribution in [-0.4, -0.2) is 21.8 Å². The van der Waals surface area contributed by atoms with Crippen molar-refractivity contribution in [1.29, 1.82) is 0 Å². The number of fused-ring (bicyclic) bond motifs is 1. The van der Waals surface area contributed by atoms with Crippen LogP contribution in [0.5, 0.6) is 0 Å². The first-order valence-corrected chi connectivity index (χ1v) is 9.65. The van der Waals surface area contributed by atoms with Gasteiger partial charge in [-0.05, 0) is 30.2 Å². The number of imidazole rings is 1. The molecule has 2 amide bonds. The van der Waals surface area contributed by atoms with Gasteiger partial charge in [0.15, 0.2) is 0 Å². The van der Waals surface area contributed by atoms with E-state index >= 15 is 0 Å². The molecule has 2 aromatic carbocycles. The average molecular weight is 378 g/mol. The first-order valence-electron chi connectivity index (χ1n) is 9.65. The maximum atomic E-state index is 12.6. The molecule has 1 aromatic heterocycles. The lowest BCUT2D eigenvalue weighted by molar-refractivity contribution is -0.120. The number of carbonyl (C=O) groups is 2. The number of aryl methyl sites for hydroxylation is 1. The molecule has 0 spiro atoms. The molecule has 0 radical (unpaired) electrons. The predicted molar refractivity (Wildman–Crippen MR) is 111 cm³/mol. The highest BCUT2D eigenvalue weighted by molar-refractivity contribution is 5.93. The fourth-order valence-corrected chi connectivity index (χ4v) is 3.18. The molecule has 1 heterocycles. The first-order chi connectivity index (χ1) is 13.5. The zero-order valence-corrected chi connectivity index (χ0v) is 16.3. The summed E-state index contributed by atoms with van der Waals surface area (Å²) in [7, 11) is 0. The number of aromatic nitrogens is 2. The standard InChI is InChI=1S/C22H26N4O2/c1-3-4-10-21-25-18-12-11-17(13-20(18)26-21)24-22(28)14-19(23-15(2)27)16-8-6-5-7-9-16/h5-9,11-13,19H,3-4,10,14H2,1-2H3,(H,23,27)(H,24,28)(H,25,26). The van der Waals surface area contributed by atoms with Crippen molar-refractivity contribution < 1.29 is 9.59 Å². The van der Waals surface area contributed by atoms with Gasteiger partial charge in [0, 0.05) is 19.0 Å². The van der Waals surface area contributed by atoms with E-state index in [-0.39, 0.29) is 24.3 Å². The maximum Gasteiger partial charge on any atom is 0.226 e. The lowest BCUT2D eigenvalue weighted by Crippen LogP contribution is -2.29. The van der Waals surface area contributed by atoms with E-state index in [9.17, 15) is 9.59 Å². The van der Waals surface area contributed by atoms with Crippen LogP contribution in [0.3, 0.4) is 0 Å². The Morgan fingerprint density at radius 3 is 2.64 bits per heavy atom. The number of aromatic amines is 1. The second-order valence-electron chi connectivity index (χ2n) is 6.94. The molecule has 1 unspecified atom stereocenters. The normalized spacial score (nSPS) is 11.9. The number of unbranched alkanes of at least 4 members (excludes halogenated alkanes) is 1. The van der Waals surface area contributed by atoms with Crippen molar-refractivity contribution in [3.05, 3.63) is 59.9 Å². The van der Waals surface area contributed by atoms with E-state index in [1.165, 1.54) is 6.92 Å². The summed E-state index contributed by atoms with van der Waals surface area (Å²) in [5.74, 6) is 0.642. The van der Waals surface area contributed by atoms with Gasteiger partial charge >= 0.3 is 0 Å². The van der Waals surface area contributed by atoms with Crippen LogP contribution in [0.15, 0.2) is 48.5 Å². The van der Waals surface area contributed by atoms with E-state index in [1.54, 1.807) is 0 Å². The predicted octanol–water partition coefficient (Wildman–Crippen LogP) is 4.11. The molecule has 28 heavy (non-hydrogen) atoms. The lowest BCUT2D eigenvalue weighted by atomic mass is 10.0. The Bertz CT molecular complexity index is 950. The quantitative estimate of drug-likeness (QED) is 0.551. The van der Waals surface area contributed by atoms with Gasteiger partial charge in [-0.15, -0.1) is 0 Å². The topological polar surface area (TPSA) is 86.9 Å². The summed E-state index contributed by atoms with van der Waals surface area (Å²) >= 11 is 0. The Labute approximate surface area is 164 Å². The fraction of sp³-hybridized carbons (Fsp3) is 0.318. The van der Waals surface area contributed by atoms with Gasteiger partial charge in [0.25, 0.3) is 0 Å². The summed E-state index contributed by atoms with van der Waals surface area (Å²) < 4.78 is 0. The van der Waals surface area contributed by atoms with Crippen LogP contribution >= 0.6 is 0 Å². The number of benzene rings is 2. The van der Waals surface area contributed by atoms with Crippen LogP contribution < -0.4 is 10.6 Å². The molecule has 0 saturated carbocycles. The monoisotopic (exact) mass is 378 g/mol. The summed E-state index contributed by atoms with van der Waals surface area (Å²) in [6.45, 7) is 3.61. The highest BCUT2D eigenvalue weighted by Gasteiger charge is 2.17. The van der Waals surface area contributed by atoms with Gasteiger partial charge in [-0.2, -0.15) is 0 Å². The number of rotatable bonds is 8. The highest BCUT2D eigenvalue weighted by atomic mass is 16.2. The van der Waals surface area contributed by atoms with Gasteiger partial charge in [0.2, 0.25) is 11.8 Å². The number of nitrogens with one attached hydrogen (secondary N) is 3. The summed E-state index contributed by atoms with van der Waals surface area (Å²) in [4.78, 5) is 32.0. The zero-order chi connectivity index (χ0) is 19.9. The minimum Gasteiger partial charge on any atom is -0.349 e. The van der Waals surface area contributed by atoms with Gasteiger partial charge in [-0.3, -0.25) is 9.59 Å². The largest absolute Gasteiger partial charge is 0.349 e. The second kappa shape index (κ2) is 9.17. The molecule has 6 nitrogen and oxygen atoms in total. The van der Waals surface area contributed by atoms with Gasteiger partial charge in [-0.25, -0.2) is 4.98 Å². The van der Waals surface area contributed by atoms with Crippen molar-refractivity contribution in [2.75, 3.05) is 5.32 Å². The smallest absolute Gasteiger partial charge is 0.226 e. The summed E-state index contributed by atoms with van der Waals surface area (Å²) in [5, 5.41) is 5.77. The third-order valence-corrected chi connectivity index (χ3v) is 4.55. The van der Waals surface area contributed by atoms with Crippen LogP contribution in [0.25, 0.3) is 11.0 Å². The Balaban J connectivity index is 1.69. The maximum absolute atomic E-state index is 12.6. The molecule has 146 valence electrons. The Morgan fingerprint density at radius 2 is 1.93 bits per heavy atom. The van der Waals surface area contributed by atoms with Crippen LogP contribution in [0, 0.1) is 0 Å². The van der Waals surface area contributed by atoms with E-state index in [4.69, 9.17) is 0 Å². The van der Waals surface area contributed by atoms with E-state index < -0.39 is 0 Å². The van der Waals surface area contributed by atoms with Crippen molar-refractivity contribution in [3.63, 3.8) is 0 Å². The molecule has 0 aliphatic rings. The van der Waals surface area contributed by atoms with E-state index in [0.717, 1.165) is 41.7 Å². The molecule has 3 rings (SSSR count). The number of nitrogens with zero attached hydrogens (tertiary/aromatic N) is 1. The number of hydrogen-bond acceptors (Lipinski definition) is 3. The van der Waals surface area contributed by atoms with Crippen molar-refractivity contribution in [2.24, 2.45) is 0 Å². The number of anilines is 1. The number of H-pyrrole nitrogens is 1. The minimum absolute atomic E-state index is 0.159. The van der Waals surface area contributed by atoms with E-state index in [1.807, 2.05) is 48.5 Å². The van der Waals surface area contributed by atoms with Crippen molar-refractivity contribution in [2.45, 2.75) is 45.6 Å². The number of amides is 2. The molecule has 1 atom stereocenters. The minimum atomic E-state index is -0.366. The van der Waals surface area contributed by atoms with Crippen molar-refractivity contribution >= 4 is 28.5 Å². The second-order valence-corrected chi connectivity index (χ2v) is 6.94. The summed E-state index contributed by atoms with van der Waals surface area (Å²) in [6, 6.07) is 14.8. The molecule has 3 aromatic rings. The molecular weight excluding hydrogens is 352 g/mol. The molecule has 0 aliphatic carbocycles. The van der Waals surface area contributed by atoms with Crippen LogP contribution in [0.1, 0.15) is 50.5 Å². The van der Waals surface area contributed by atoms with Gasteiger partial charge < -0.3 is 15.6 Å². The summed E-state index contributed by atoms with van der Waals surface area (Å²) in [5.41, 5.74) is 3.41. The van der Waals surface area contributed by atoms with Gasteiger partial charge in [0.1, 0.15) is 5.82 Å². The highest BCUT2D eigenvalue weighted by Crippen LogP contribution is 2.21. The first kappa shape index (κ1) is 19.6. The van der Waals surface area contributed by atoms with Gasteiger partial charge in [-0.1, -0.05) is 43.7 Å². The number of hydrogen-bond donors (Lipinski definition) is 3. The Hall–Kier alpha value is -3.15. The van der Waals surface area contributed by atoms with Crippen molar-refractivity contribution in [3.8, 4) is 0 Å². The average Bonchev–Trinajstić information content (AvgIpc) is 3.08. The SMILES string of the molecule is CCCCc1nc2ccc(NC(=O)CC(NC(C)=O)c3ccccc3)cc2[nH]1. The molecule has 3 N–H and O–H groups in total. The van der Waals surface area contributed by atoms with E-state index in [0.29, 0.717) is 5.69 Å². The fourth-order valence-electron chi connectivity index (χ4n) is 3.18. The lowest BCUT2D eigenvalue weighted by Gasteiger charge is -2.18. The molecule has 0 fully saturated rings. The third-order valence-electron chi connectivity index (χ3n) is 4.55. The molecular formula is C22H26N4O2.